The van der Waals surface area contributed by atoms with Gasteiger partial charge < -0.3 is 35.5 Å². The van der Waals surface area contributed by atoms with Crippen LogP contribution in [0.5, 0.6) is 17.2 Å². The summed E-state index contributed by atoms with van der Waals surface area (Å²) < 4.78 is 74.1. The Morgan fingerprint density at radius 1 is 1.24 bits per heavy atom. The van der Waals surface area contributed by atoms with Gasteiger partial charge in [0.1, 0.15) is 24.7 Å². The summed E-state index contributed by atoms with van der Waals surface area (Å²) >= 11 is 5.77. The number of methoxy groups -OCH3 is 1. The second-order valence-electron chi connectivity index (χ2n) is 10.1. The first-order chi connectivity index (χ1) is 19.6. The standard InChI is InChI=1S/C28H28ClF4N3O6/c1-14(37)11-41-20-7-5-16(9-21(20)40-3)25(38)35-12-27(39,28(31,32)33)22-10-17-24(42-13-26(17,2)34)23(36-22)15-4-6-18(29)19(30)8-15/h4-10,14,37,39H,11-13,34H2,1-3H3,(H,35,38)/t14-,26?,27?/m1/s1. The van der Waals surface area contributed by atoms with Gasteiger partial charge in [-0.3, -0.25) is 4.79 Å². The summed E-state index contributed by atoms with van der Waals surface area (Å²) in [6.07, 6.45) is -6.11. The minimum Gasteiger partial charge on any atom is -0.493 e. The highest BCUT2D eigenvalue weighted by Crippen LogP contribution is 2.46. The van der Waals surface area contributed by atoms with Gasteiger partial charge in [0, 0.05) is 16.7 Å². The molecule has 0 bridgehead atoms. The molecule has 0 fully saturated rings. The second-order valence-corrected chi connectivity index (χ2v) is 10.5. The number of aliphatic hydroxyl groups excluding tert-OH is 1. The molecule has 1 aromatic heterocycles. The maximum Gasteiger partial charge on any atom is 0.424 e. The fourth-order valence-corrected chi connectivity index (χ4v) is 4.36. The summed E-state index contributed by atoms with van der Waals surface area (Å²) in [5.74, 6) is -1.49. The van der Waals surface area contributed by atoms with E-state index < -0.39 is 47.4 Å². The minimum absolute atomic E-state index is 0.0315. The van der Waals surface area contributed by atoms with E-state index in [0.29, 0.717) is 0 Å². The summed E-state index contributed by atoms with van der Waals surface area (Å²) in [4.78, 5) is 16.9. The lowest BCUT2D eigenvalue weighted by Crippen LogP contribution is -2.51. The van der Waals surface area contributed by atoms with Crippen LogP contribution >= 0.6 is 11.6 Å². The van der Waals surface area contributed by atoms with E-state index in [4.69, 9.17) is 31.5 Å². The van der Waals surface area contributed by atoms with E-state index in [-0.39, 0.29) is 57.9 Å². The quantitative estimate of drug-likeness (QED) is 0.265. The Kier molecular flexibility index (Phi) is 8.61. The lowest BCUT2D eigenvalue weighted by atomic mass is 9.89. The molecule has 1 amide bonds. The number of hydrogen-bond donors (Lipinski definition) is 4. The molecule has 14 heteroatoms. The molecule has 0 saturated carbocycles. The third-order valence-electron chi connectivity index (χ3n) is 6.60. The number of rotatable bonds is 9. The van der Waals surface area contributed by atoms with Crippen molar-refractivity contribution in [2.45, 2.75) is 37.3 Å². The van der Waals surface area contributed by atoms with Gasteiger partial charge in [-0.1, -0.05) is 17.7 Å². The third kappa shape index (κ3) is 6.09. The number of nitrogens with two attached hydrogens (primary N) is 1. The monoisotopic (exact) mass is 613 g/mol. The zero-order valence-electron chi connectivity index (χ0n) is 22.7. The first-order valence-electron chi connectivity index (χ1n) is 12.6. The summed E-state index contributed by atoms with van der Waals surface area (Å²) in [7, 11) is 1.30. The fourth-order valence-electron chi connectivity index (χ4n) is 4.24. The molecule has 5 N–H and O–H groups in total. The number of aliphatic hydroxyl groups is 2. The molecule has 2 heterocycles. The first kappa shape index (κ1) is 31.3. The summed E-state index contributed by atoms with van der Waals surface area (Å²) in [6.45, 7) is 1.51. The van der Waals surface area contributed by atoms with Crippen molar-refractivity contribution in [2.24, 2.45) is 5.73 Å². The van der Waals surface area contributed by atoms with E-state index >= 15 is 0 Å². The van der Waals surface area contributed by atoms with Gasteiger partial charge in [0.05, 0.1) is 36.0 Å². The van der Waals surface area contributed by atoms with E-state index in [9.17, 15) is 32.6 Å². The van der Waals surface area contributed by atoms with Gasteiger partial charge in [0.25, 0.3) is 5.91 Å². The number of pyridine rings is 1. The van der Waals surface area contributed by atoms with Crippen LogP contribution < -0.4 is 25.3 Å². The van der Waals surface area contributed by atoms with Crippen LogP contribution in [0.25, 0.3) is 11.3 Å². The number of halogens is 5. The van der Waals surface area contributed by atoms with E-state index in [1.54, 1.807) is 0 Å². The van der Waals surface area contributed by atoms with Crippen molar-refractivity contribution in [3.05, 3.63) is 70.1 Å². The largest absolute Gasteiger partial charge is 0.493 e. The predicted molar refractivity (Wildman–Crippen MR) is 144 cm³/mol. The lowest BCUT2D eigenvalue weighted by molar-refractivity contribution is -0.265. The van der Waals surface area contributed by atoms with Crippen molar-refractivity contribution in [1.82, 2.24) is 10.3 Å². The molecule has 0 saturated heterocycles. The van der Waals surface area contributed by atoms with Gasteiger partial charge in [0.15, 0.2) is 17.2 Å². The van der Waals surface area contributed by atoms with Crippen LogP contribution in [0, 0.1) is 5.82 Å². The SMILES string of the molecule is COc1cc(C(=O)NCC(O)(c2cc3c(c(-c4ccc(Cl)c(F)c4)n2)OCC3(C)N)C(F)(F)F)ccc1OC[C@@H](C)O. The number of nitrogens with one attached hydrogen (secondary N) is 1. The topological polar surface area (TPSA) is 136 Å². The number of aromatic nitrogens is 1. The van der Waals surface area contributed by atoms with E-state index in [2.05, 4.69) is 10.3 Å². The van der Waals surface area contributed by atoms with E-state index in [1.807, 2.05) is 0 Å². The van der Waals surface area contributed by atoms with E-state index in [0.717, 1.165) is 12.1 Å². The van der Waals surface area contributed by atoms with Crippen LogP contribution in [0.15, 0.2) is 42.5 Å². The first-order valence-corrected chi connectivity index (χ1v) is 12.9. The third-order valence-corrected chi connectivity index (χ3v) is 6.91. The number of amides is 1. The molecule has 2 unspecified atom stereocenters. The second kappa shape index (κ2) is 11.6. The van der Waals surface area contributed by atoms with Crippen LogP contribution in [0.3, 0.4) is 0 Å². The highest BCUT2D eigenvalue weighted by atomic mass is 35.5. The molecule has 0 aliphatic carbocycles. The average molecular weight is 614 g/mol. The van der Waals surface area contributed by atoms with Gasteiger partial charge in [0.2, 0.25) is 5.60 Å². The molecular weight excluding hydrogens is 586 g/mol. The van der Waals surface area contributed by atoms with Crippen LogP contribution in [0.1, 0.15) is 35.5 Å². The fraction of sp³-hybridized carbons (Fsp3) is 0.357. The average Bonchev–Trinajstić information content (AvgIpc) is 3.24. The molecule has 0 spiro atoms. The Morgan fingerprint density at radius 2 is 1.95 bits per heavy atom. The number of ether oxygens (including phenoxy) is 3. The molecule has 1 aliphatic rings. The molecule has 9 nitrogen and oxygen atoms in total. The van der Waals surface area contributed by atoms with Crippen molar-refractivity contribution < 1.29 is 46.8 Å². The van der Waals surface area contributed by atoms with Gasteiger partial charge in [-0.05, 0) is 50.2 Å². The van der Waals surface area contributed by atoms with Crippen molar-refractivity contribution in [3.63, 3.8) is 0 Å². The number of benzene rings is 2. The van der Waals surface area contributed by atoms with Gasteiger partial charge in [-0.2, -0.15) is 13.2 Å². The number of nitrogens with zero attached hydrogens (tertiary/aromatic N) is 1. The number of carbonyl (C=O) groups is 1. The summed E-state index contributed by atoms with van der Waals surface area (Å²) in [5.41, 5.74) is 0.266. The van der Waals surface area contributed by atoms with Crippen molar-refractivity contribution in [2.75, 3.05) is 26.9 Å². The Labute approximate surface area is 243 Å². The molecule has 3 atom stereocenters. The van der Waals surface area contributed by atoms with Crippen molar-refractivity contribution >= 4 is 17.5 Å². The number of fused-ring (bicyclic) bond motifs is 1. The molecule has 42 heavy (non-hydrogen) atoms. The number of carbonyl (C=O) groups excluding carboxylic acids is 1. The highest BCUT2D eigenvalue weighted by molar-refractivity contribution is 6.30. The zero-order chi connectivity index (χ0) is 31.0. The summed E-state index contributed by atoms with van der Waals surface area (Å²) in [5, 5.41) is 22.4. The van der Waals surface area contributed by atoms with Crippen LogP contribution in [-0.4, -0.2) is 60.3 Å². The lowest BCUT2D eigenvalue weighted by Gasteiger charge is -2.31. The van der Waals surface area contributed by atoms with Crippen LogP contribution in [0.4, 0.5) is 17.6 Å². The molecule has 3 aromatic rings. The number of alkyl halides is 3. The molecule has 0 radical (unpaired) electrons. The Morgan fingerprint density at radius 3 is 2.57 bits per heavy atom. The minimum atomic E-state index is -5.33. The number of hydrogen-bond acceptors (Lipinski definition) is 8. The van der Waals surface area contributed by atoms with Crippen LogP contribution in [0.2, 0.25) is 5.02 Å². The van der Waals surface area contributed by atoms with Gasteiger partial charge in [-0.25, -0.2) is 9.37 Å². The Hall–Kier alpha value is -3.65. The highest BCUT2D eigenvalue weighted by Gasteiger charge is 2.57. The van der Waals surface area contributed by atoms with Crippen molar-refractivity contribution in [1.29, 1.82) is 0 Å². The molecular formula is C28H28ClF4N3O6. The molecule has 226 valence electrons. The normalized spacial score (nSPS) is 18.5. The Bertz CT molecular complexity index is 1500. The molecule has 4 rings (SSSR count). The predicted octanol–water partition coefficient (Wildman–Crippen LogP) is 4.06. The molecule has 2 aromatic carbocycles. The maximum atomic E-state index is 14.5. The van der Waals surface area contributed by atoms with Gasteiger partial charge in [-0.15, -0.1) is 0 Å². The van der Waals surface area contributed by atoms with Crippen LogP contribution in [-0.2, 0) is 11.1 Å². The smallest absolute Gasteiger partial charge is 0.424 e. The van der Waals surface area contributed by atoms with Gasteiger partial charge >= 0.3 is 6.18 Å². The van der Waals surface area contributed by atoms with Crippen molar-refractivity contribution in [3.8, 4) is 28.5 Å². The maximum absolute atomic E-state index is 14.5. The summed E-state index contributed by atoms with van der Waals surface area (Å²) in [6, 6.07) is 8.35. The molecule has 1 aliphatic heterocycles. The Balaban J connectivity index is 1.72. The van der Waals surface area contributed by atoms with E-state index in [1.165, 1.54) is 51.3 Å². The zero-order valence-corrected chi connectivity index (χ0v) is 23.4.